The Morgan fingerprint density at radius 2 is 1.80 bits per heavy atom. The van der Waals surface area contributed by atoms with Crippen LogP contribution in [0.4, 0.5) is 11.4 Å². The molecule has 5 nitrogen and oxygen atoms in total. The molecule has 1 unspecified atom stereocenters. The number of carbonyl (C=O) groups excluding carboxylic acids is 2. The monoisotopic (exact) mass is 468 g/mol. The van der Waals surface area contributed by atoms with Gasteiger partial charge in [-0.2, -0.15) is 0 Å². The van der Waals surface area contributed by atoms with E-state index in [-0.39, 0.29) is 28.8 Å². The van der Waals surface area contributed by atoms with Crippen molar-refractivity contribution in [2.45, 2.75) is 53.5 Å². The maximum Gasteiger partial charge on any atom is 0.230 e. The number of hydrogen-bond donors (Lipinski definition) is 2. The SMILES string of the molecule is Cc1ccc2ccccc2c1C1C2=C(CC(C)(C)CC2=O)Nc2c(O)cccc2N1C(=O)C(C)C. The van der Waals surface area contributed by atoms with Gasteiger partial charge >= 0.3 is 0 Å². The second-order valence-electron chi connectivity index (χ2n) is 10.9. The fourth-order valence-electron chi connectivity index (χ4n) is 5.60. The lowest BCUT2D eigenvalue weighted by Crippen LogP contribution is -2.41. The Morgan fingerprint density at radius 1 is 1.06 bits per heavy atom. The quantitative estimate of drug-likeness (QED) is 0.413. The molecule has 1 aliphatic heterocycles. The Hall–Kier alpha value is -3.60. The number of nitrogens with one attached hydrogen (secondary N) is 1. The highest BCUT2D eigenvalue weighted by Crippen LogP contribution is 2.51. The summed E-state index contributed by atoms with van der Waals surface area (Å²) in [6.45, 7) is 9.96. The largest absolute Gasteiger partial charge is 0.506 e. The number of allylic oxidation sites excluding steroid dienone is 1. The number of aryl methyl sites for hydroxylation is 1. The van der Waals surface area contributed by atoms with Crippen LogP contribution in [0.15, 0.2) is 65.9 Å². The first-order chi connectivity index (χ1) is 16.6. The molecule has 3 aromatic carbocycles. The number of aromatic hydroxyl groups is 1. The molecule has 1 aliphatic carbocycles. The Kier molecular flexibility index (Phi) is 5.47. The highest BCUT2D eigenvalue weighted by molar-refractivity contribution is 6.08. The number of hydrogen-bond acceptors (Lipinski definition) is 4. The average molecular weight is 469 g/mol. The Morgan fingerprint density at radius 3 is 2.54 bits per heavy atom. The van der Waals surface area contributed by atoms with Crippen molar-refractivity contribution in [1.29, 1.82) is 0 Å². The molecular weight excluding hydrogens is 436 g/mol. The minimum absolute atomic E-state index is 0.0370. The van der Waals surface area contributed by atoms with Crippen LogP contribution in [0.25, 0.3) is 10.8 Å². The minimum atomic E-state index is -0.606. The molecule has 0 fully saturated rings. The number of benzene rings is 3. The van der Waals surface area contributed by atoms with Crippen LogP contribution >= 0.6 is 0 Å². The van der Waals surface area contributed by atoms with Crippen molar-refractivity contribution in [3.05, 3.63) is 77.0 Å². The molecule has 1 amide bonds. The zero-order valence-corrected chi connectivity index (χ0v) is 21.0. The van der Waals surface area contributed by atoms with Gasteiger partial charge in [0.05, 0.1) is 11.7 Å². The van der Waals surface area contributed by atoms with Gasteiger partial charge in [0.15, 0.2) is 5.78 Å². The fourth-order valence-corrected chi connectivity index (χ4v) is 5.60. The van der Waals surface area contributed by atoms with Gasteiger partial charge in [0.2, 0.25) is 5.91 Å². The maximum absolute atomic E-state index is 13.9. The lowest BCUT2D eigenvalue weighted by atomic mass is 9.72. The number of phenolic OH excluding ortho intramolecular Hbond substituents is 1. The van der Waals surface area contributed by atoms with Crippen LogP contribution in [0.5, 0.6) is 5.75 Å². The molecule has 180 valence electrons. The van der Waals surface area contributed by atoms with E-state index in [4.69, 9.17) is 0 Å². The molecular formula is C30H32N2O3. The third-order valence-corrected chi connectivity index (χ3v) is 7.20. The standard InChI is InChI=1S/C30H32N2O3/c1-17(2)29(35)32-22-11-8-12-23(33)27(22)31-21-15-30(4,5)16-24(34)26(21)28(32)25-18(3)13-14-19-9-6-7-10-20(19)25/h6-14,17,28,31,33H,15-16H2,1-5H3. The molecule has 0 bridgehead atoms. The second-order valence-corrected chi connectivity index (χ2v) is 10.9. The van der Waals surface area contributed by atoms with Crippen molar-refractivity contribution >= 4 is 33.8 Å². The number of amides is 1. The summed E-state index contributed by atoms with van der Waals surface area (Å²) in [7, 11) is 0. The van der Waals surface area contributed by atoms with Crippen LogP contribution in [0, 0.1) is 18.3 Å². The van der Waals surface area contributed by atoms with Gasteiger partial charge in [0, 0.05) is 23.6 Å². The number of para-hydroxylation sites is 1. The van der Waals surface area contributed by atoms with Gasteiger partial charge in [0.25, 0.3) is 0 Å². The number of rotatable bonds is 2. The third-order valence-electron chi connectivity index (χ3n) is 7.20. The summed E-state index contributed by atoms with van der Waals surface area (Å²) < 4.78 is 0. The fraction of sp³-hybridized carbons (Fsp3) is 0.333. The summed E-state index contributed by atoms with van der Waals surface area (Å²) in [6.07, 6.45) is 1.05. The number of fused-ring (bicyclic) bond motifs is 2. The maximum atomic E-state index is 13.9. The Bertz CT molecular complexity index is 1400. The zero-order valence-electron chi connectivity index (χ0n) is 21.0. The number of anilines is 2. The van der Waals surface area contributed by atoms with Gasteiger partial charge in [-0.1, -0.05) is 70.2 Å². The first-order valence-electron chi connectivity index (χ1n) is 12.3. The van der Waals surface area contributed by atoms with E-state index < -0.39 is 6.04 Å². The van der Waals surface area contributed by atoms with E-state index in [0.29, 0.717) is 29.8 Å². The zero-order chi connectivity index (χ0) is 25.1. The van der Waals surface area contributed by atoms with Gasteiger partial charge in [-0.15, -0.1) is 0 Å². The predicted molar refractivity (Wildman–Crippen MR) is 141 cm³/mol. The molecule has 0 spiro atoms. The summed E-state index contributed by atoms with van der Waals surface area (Å²) in [5.41, 5.74) is 4.20. The summed E-state index contributed by atoms with van der Waals surface area (Å²) in [5, 5.41) is 16.4. The molecule has 0 radical (unpaired) electrons. The van der Waals surface area contributed by atoms with Gasteiger partial charge in [-0.25, -0.2) is 0 Å². The van der Waals surface area contributed by atoms with Gasteiger partial charge in [-0.3, -0.25) is 14.5 Å². The van der Waals surface area contributed by atoms with Crippen molar-refractivity contribution in [2.24, 2.45) is 11.3 Å². The van der Waals surface area contributed by atoms with E-state index in [2.05, 4.69) is 43.4 Å². The molecule has 1 heterocycles. The van der Waals surface area contributed by atoms with Gasteiger partial charge in [0.1, 0.15) is 11.4 Å². The van der Waals surface area contributed by atoms with Crippen molar-refractivity contribution in [1.82, 2.24) is 0 Å². The molecule has 0 saturated carbocycles. The van der Waals surface area contributed by atoms with Crippen LogP contribution in [0.3, 0.4) is 0 Å². The Labute approximate surface area is 206 Å². The Balaban J connectivity index is 1.92. The molecule has 2 aliphatic rings. The van der Waals surface area contributed by atoms with Crippen LogP contribution in [0.1, 0.15) is 57.7 Å². The summed E-state index contributed by atoms with van der Waals surface area (Å²) >= 11 is 0. The highest BCUT2D eigenvalue weighted by Gasteiger charge is 2.44. The summed E-state index contributed by atoms with van der Waals surface area (Å²) in [6, 6.07) is 16.9. The lowest BCUT2D eigenvalue weighted by molar-refractivity contribution is -0.122. The normalized spacial score (nSPS) is 19.3. The van der Waals surface area contributed by atoms with Gasteiger partial charge in [-0.05, 0) is 52.8 Å². The van der Waals surface area contributed by atoms with Crippen molar-refractivity contribution in [3.8, 4) is 5.75 Å². The van der Waals surface area contributed by atoms with Crippen LogP contribution in [0.2, 0.25) is 0 Å². The average Bonchev–Trinajstić information content (AvgIpc) is 2.93. The molecule has 35 heavy (non-hydrogen) atoms. The van der Waals surface area contributed by atoms with Crippen LogP contribution < -0.4 is 10.2 Å². The molecule has 0 aromatic heterocycles. The second kappa shape index (κ2) is 8.26. The molecule has 1 atom stereocenters. The van der Waals surface area contributed by atoms with E-state index in [1.165, 1.54) is 0 Å². The number of nitrogens with zero attached hydrogens (tertiary/aromatic N) is 1. The highest BCUT2D eigenvalue weighted by atomic mass is 16.3. The molecule has 5 rings (SSSR count). The first-order valence-corrected chi connectivity index (χ1v) is 12.3. The predicted octanol–water partition coefficient (Wildman–Crippen LogP) is 6.65. The number of carbonyl (C=O) groups is 2. The van der Waals surface area contributed by atoms with Gasteiger partial charge < -0.3 is 10.4 Å². The van der Waals surface area contributed by atoms with E-state index in [1.807, 2.05) is 39.0 Å². The number of Topliss-reactive ketones (excluding diaryl/α,β-unsaturated/α-hetero) is 1. The third kappa shape index (κ3) is 3.79. The molecule has 5 heteroatoms. The number of phenols is 1. The number of ketones is 1. The summed E-state index contributed by atoms with van der Waals surface area (Å²) in [4.78, 5) is 29.6. The van der Waals surface area contributed by atoms with E-state index in [1.54, 1.807) is 17.0 Å². The van der Waals surface area contributed by atoms with E-state index >= 15 is 0 Å². The molecule has 2 N–H and O–H groups in total. The van der Waals surface area contributed by atoms with Crippen molar-refractivity contribution in [3.63, 3.8) is 0 Å². The molecule has 3 aromatic rings. The summed E-state index contributed by atoms with van der Waals surface area (Å²) in [5.74, 6) is -0.306. The van der Waals surface area contributed by atoms with E-state index in [0.717, 1.165) is 27.6 Å². The van der Waals surface area contributed by atoms with E-state index in [9.17, 15) is 14.7 Å². The smallest absolute Gasteiger partial charge is 0.230 e. The first kappa shape index (κ1) is 23.2. The van der Waals surface area contributed by atoms with Crippen LogP contribution in [-0.4, -0.2) is 16.8 Å². The molecule has 0 saturated heterocycles. The van der Waals surface area contributed by atoms with Crippen LogP contribution in [-0.2, 0) is 9.59 Å². The van der Waals surface area contributed by atoms with Crippen molar-refractivity contribution in [2.75, 3.05) is 10.2 Å². The van der Waals surface area contributed by atoms with Crippen molar-refractivity contribution < 1.29 is 14.7 Å². The lowest BCUT2D eigenvalue weighted by Gasteiger charge is -2.38. The minimum Gasteiger partial charge on any atom is -0.506 e. The topological polar surface area (TPSA) is 69.6 Å².